The summed E-state index contributed by atoms with van der Waals surface area (Å²) >= 11 is 0. The molecule has 1 atom stereocenters. The molecule has 2 amide bonds. The Labute approximate surface area is 191 Å². The minimum atomic E-state index is -0.499. The molecule has 6 heteroatoms. The number of nitrogens with zero attached hydrogens (tertiary/aromatic N) is 1. The van der Waals surface area contributed by atoms with Crippen LogP contribution >= 0.6 is 0 Å². The van der Waals surface area contributed by atoms with Crippen LogP contribution in [0.3, 0.4) is 0 Å². The second-order valence-corrected chi connectivity index (χ2v) is 7.91. The van der Waals surface area contributed by atoms with E-state index in [4.69, 9.17) is 9.47 Å². The molecular weight excluding hydrogens is 404 g/mol. The standard InChI is InChI=1S/C26H36N2O4/c1-6-16-27-26(30)22(7-2)28(18-21-10-8-19(3)9-11-21)25(29)15-13-20-12-14-23(31-4)24(17-20)32-5/h8-12,14,17,22H,6-7,13,15-16,18H2,1-5H3,(H,27,30). The Kier molecular flexibility index (Phi) is 10.1. The molecule has 1 unspecified atom stereocenters. The van der Waals surface area contributed by atoms with Gasteiger partial charge in [0.2, 0.25) is 11.8 Å². The number of benzene rings is 2. The molecule has 2 aromatic rings. The number of ether oxygens (including phenoxy) is 2. The van der Waals surface area contributed by atoms with Crippen molar-refractivity contribution >= 4 is 11.8 Å². The second-order valence-electron chi connectivity index (χ2n) is 7.91. The van der Waals surface area contributed by atoms with Crippen molar-refractivity contribution in [2.24, 2.45) is 0 Å². The van der Waals surface area contributed by atoms with E-state index in [2.05, 4.69) is 5.32 Å². The Bertz CT molecular complexity index is 880. The Morgan fingerprint density at radius 1 is 0.969 bits per heavy atom. The molecule has 0 radical (unpaired) electrons. The first-order chi connectivity index (χ1) is 15.4. The maximum atomic E-state index is 13.3. The van der Waals surface area contributed by atoms with Gasteiger partial charge < -0.3 is 19.7 Å². The largest absolute Gasteiger partial charge is 0.493 e. The second kappa shape index (κ2) is 12.7. The summed E-state index contributed by atoms with van der Waals surface area (Å²) in [6.45, 7) is 7.00. The smallest absolute Gasteiger partial charge is 0.242 e. The lowest BCUT2D eigenvalue weighted by atomic mass is 10.0. The lowest BCUT2D eigenvalue weighted by Gasteiger charge is -2.31. The van der Waals surface area contributed by atoms with Crippen molar-refractivity contribution in [2.75, 3.05) is 20.8 Å². The van der Waals surface area contributed by atoms with Gasteiger partial charge in [0.25, 0.3) is 0 Å². The highest BCUT2D eigenvalue weighted by molar-refractivity contribution is 5.87. The average molecular weight is 441 g/mol. The maximum Gasteiger partial charge on any atom is 0.242 e. The van der Waals surface area contributed by atoms with E-state index in [0.717, 1.165) is 23.1 Å². The summed E-state index contributed by atoms with van der Waals surface area (Å²) in [7, 11) is 3.19. The minimum absolute atomic E-state index is 0.0427. The van der Waals surface area contributed by atoms with Gasteiger partial charge in [-0.1, -0.05) is 49.7 Å². The maximum absolute atomic E-state index is 13.3. The predicted octanol–water partition coefficient (Wildman–Crippen LogP) is 4.28. The first-order valence-electron chi connectivity index (χ1n) is 11.3. The van der Waals surface area contributed by atoms with Crippen LogP contribution in [0.5, 0.6) is 11.5 Å². The van der Waals surface area contributed by atoms with Gasteiger partial charge in [-0.3, -0.25) is 9.59 Å². The van der Waals surface area contributed by atoms with Gasteiger partial charge >= 0.3 is 0 Å². The molecule has 0 heterocycles. The molecule has 0 aromatic heterocycles. The average Bonchev–Trinajstić information content (AvgIpc) is 2.81. The molecule has 0 aliphatic heterocycles. The summed E-state index contributed by atoms with van der Waals surface area (Å²) in [6, 6.07) is 13.3. The number of hydrogen-bond donors (Lipinski definition) is 1. The van der Waals surface area contributed by atoms with Gasteiger partial charge in [0.05, 0.1) is 14.2 Å². The molecule has 6 nitrogen and oxygen atoms in total. The highest BCUT2D eigenvalue weighted by atomic mass is 16.5. The van der Waals surface area contributed by atoms with Crippen molar-refractivity contribution in [1.29, 1.82) is 0 Å². The molecule has 0 aliphatic rings. The Balaban J connectivity index is 2.20. The van der Waals surface area contributed by atoms with Crippen molar-refractivity contribution in [2.45, 2.75) is 59.0 Å². The summed E-state index contributed by atoms with van der Waals surface area (Å²) in [5.74, 6) is 1.15. The highest BCUT2D eigenvalue weighted by Gasteiger charge is 2.28. The van der Waals surface area contributed by atoms with Gasteiger partial charge in [-0.05, 0) is 49.4 Å². The number of carbonyl (C=O) groups excluding carboxylic acids is 2. The molecule has 0 bridgehead atoms. The third-order valence-corrected chi connectivity index (χ3v) is 5.48. The number of hydrogen-bond acceptors (Lipinski definition) is 4. The summed E-state index contributed by atoms with van der Waals surface area (Å²) < 4.78 is 10.7. The number of carbonyl (C=O) groups is 2. The predicted molar refractivity (Wildman–Crippen MR) is 127 cm³/mol. The molecule has 0 saturated carbocycles. The summed E-state index contributed by atoms with van der Waals surface area (Å²) in [6.07, 6.45) is 2.27. The van der Waals surface area contributed by atoms with Crippen LogP contribution in [0.2, 0.25) is 0 Å². The first-order valence-corrected chi connectivity index (χ1v) is 11.3. The van der Waals surface area contributed by atoms with E-state index in [0.29, 0.717) is 43.9 Å². The van der Waals surface area contributed by atoms with Gasteiger partial charge in [-0.25, -0.2) is 0 Å². The van der Waals surface area contributed by atoms with Crippen molar-refractivity contribution in [1.82, 2.24) is 10.2 Å². The van der Waals surface area contributed by atoms with E-state index in [1.165, 1.54) is 0 Å². The van der Waals surface area contributed by atoms with Crippen molar-refractivity contribution in [3.05, 3.63) is 59.2 Å². The van der Waals surface area contributed by atoms with E-state index >= 15 is 0 Å². The third kappa shape index (κ3) is 7.01. The quantitative estimate of drug-likeness (QED) is 0.535. The fourth-order valence-electron chi connectivity index (χ4n) is 3.61. The monoisotopic (exact) mass is 440 g/mol. The van der Waals surface area contributed by atoms with Gasteiger partial charge in [0, 0.05) is 19.5 Å². The zero-order chi connectivity index (χ0) is 23.5. The zero-order valence-electron chi connectivity index (χ0n) is 19.9. The Morgan fingerprint density at radius 2 is 1.62 bits per heavy atom. The van der Waals surface area contributed by atoms with Gasteiger partial charge in [-0.2, -0.15) is 0 Å². The van der Waals surface area contributed by atoms with Gasteiger partial charge in [-0.15, -0.1) is 0 Å². The van der Waals surface area contributed by atoms with Crippen LogP contribution < -0.4 is 14.8 Å². The number of rotatable bonds is 12. The van der Waals surface area contributed by atoms with Crippen LogP contribution in [0.1, 0.15) is 49.8 Å². The molecule has 0 fully saturated rings. The van der Waals surface area contributed by atoms with Crippen LogP contribution in [0.25, 0.3) is 0 Å². The molecule has 0 aliphatic carbocycles. The number of nitrogens with one attached hydrogen (secondary N) is 1. The van der Waals surface area contributed by atoms with Gasteiger partial charge in [0.15, 0.2) is 11.5 Å². The topological polar surface area (TPSA) is 67.9 Å². The Morgan fingerprint density at radius 3 is 2.22 bits per heavy atom. The Hall–Kier alpha value is -3.02. The molecule has 2 rings (SSSR count). The first kappa shape index (κ1) is 25.2. The molecule has 0 saturated heterocycles. The third-order valence-electron chi connectivity index (χ3n) is 5.48. The zero-order valence-corrected chi connectivity index (χ0v) is 19.9. The van der Waals surface area contributed by atoms with Crippen LogP contribution in [0, 0.1) is 6.92 Å². The summed E-state index contributed by atoms with van der Waals surface area (Å²) in [5.41, 5.74) is 3.15. The van der Waals surface area contributed by atoms with E-state index in [1.54, 1.807) is 19.1 Å². The summed E-state index contributed by atoms with van der Waals surface area (Å²) in [5, 5.41) is 2.95. The van der Waals surface area contributed by atoms with Crippen LogP contribution in [-0.4, -0.2) is 43.5 Å². The van der Waals surface area contributed by atoms with Crippen molar-refractivity contribution in [3.63, 3.8) is 0 Å². The van der Waals surface area contributed by atoms with Crippen LogP contribution in [0.15, 0.2) is 42.5 Å². The van der Waals surface area contributed by atoms with Gasteiger partial charge in [0.1, 0.15) is 6.04 Å². The number of methoxy groups -OCH3 is 2. The summed E-state index contributed by atoms with van der Waals surface area (Å²) in [4.78, 5) is 27.9. The SMILES string of the molecule is CCCNC(=O)C(CC)N(Cc1ccc(C)cc1)C(=O)CCc1ccc(OC)c(OC)c1. The molecule has 32 heavy (non-hydrogen) atoms. The molecule has 174 valence electrons. The molecule has 0 spiro atoms. The van der Waals surface area contributed by atoms with Crippen LogP contribution in [-0.2, 0) is 22.6 Å². The van der Waals surface area contributed by atoms with Crippen molar-refractivity contribution < 1.29 is 19.1 Å². The molecular formula is C26H36N2O4. The van der Waals surface area contributed by atoms with E-state index in [9.17, 15) is 9.59 Å². The van der Waals surface area contributed by atoms with E-state index in [1.807, 2.05) is 63.2 Å². The van der Waals surface area contributed by atoms with Crippen LogP contribution in [0.4, 0.5) is 0 Å². The van der Waals surface area contributed by atoms with Crippen molar-refractivity contribution in [3.8, 4) is 11.5 Å². The highest BCUT2D eigenvalue weighted by Crippen LogP contribution is 2.28. The lowest BCUT2D eigenvalue weighted by molar-refractivity contribution is -0.141. The number of aryl methyl sites for hydroxylation is 2. The normalized spacial score (nSPS) is 11.5. The molecule has 1 N–H and O–H groups in total. The fraction of sp³-hybridized carbons (Fsp3) is 0.462. The lowest BCUT2D eigenvalue weighted by Crippen LogP contribution is -2.49. The number of amides is 2. The fourth-order valence-corrected chi connectivity index (χ4v) is 3.61. The van der Waals surface area contributed by atoms with E-state index in [-0.39, 0.29) is 11.8 Å². The van der Waals surface area contributed by atoms with E-state index < -0.39 is 6.04 Å². The molecule has 2 aromatic carbocycles. The minimum Gasteiger partial charge on any atom is -0.493 e.